The molecule has 0 aromatic heterocycles. The van der Waals surface area contributed by atoms with Crippen molar-refractivity contribution in [1.29, 1.82) is 0 Å². The van der Waals surface area contributed by atoms with Crippen molar-refractivity contribution in [3.63, 3.8) is 0 Å². The van der Waals surface area contributed by atoms with E-state index in [9.17, 15) is 13.0 Å². The van der Waals surface area contributed by atoms with Gasteiger partial charge in [0.2, 0.25) is 0 Å². The van der Waals surface area contributed by atoms with Crippen LogP contribution in [0.1, 0.15) is 0 Å². The quantitative estimate of drug-likeness (QED) is 0.573. The molecule has 0 bridgehead atoms. The topological polar surface area (TPSA) is 80.7 Å². The van der Waals surface area contributed by atoms with Crippen LogP contribution >= 0.6 is 8.25 Å². The van der Waals surface area contributed by atoms with Gasteiger partial charge in [-0.15, -0.1) is 0 Å². The molecule has 1 atom stereocenters. The van der Waals surface area contributed by atoms with E-state index in [0.29, 0.717) is 0 Å². The largest absolute Gasteiger partial charge is 0.326 e. The summed E-state index contributed by atoms with van der Waals surface area (Å²) < 4.78 is 32.4. The second kappa shape index (κ2) is 5.85. The minimum absolute atomic E-state index is 1.16. The molecule has 0 aliphatic carbocycles. The van der Waals surface area contributed by atoms with Crippen LogP contribution < -0.4 is 0 Å². The SMILES string of the molecule is CO[PH](=O)O.CS(C)(=O)=O. The van der Waals surface area contributed by atoms with E-state index in [1.807, 2.05) is 0 Å². The van der Waals surface area contributed by atoms with Gasteiger partial charge in [0, 0.05) is 19.6 Å². The molecule has 0 heterocycles. The minimum Gasteiger partial charge on any atom is -0.326 e. The molecule has 0 aromatic rings. The number of hydrogen-bond donors (Lipinski definition) is 1. The third-order valence-electron chi connectivity index (χ3n) is 0.175. The summed E-state index contributed by atoms with van der Waals surface area (Å²) in [5.74, 6) is 0. The van der Waals surface area contributed by atoms with Crippen LogP contribution in [0.4, 0.5) is 0 Å². The fourth-order valence-electron chi connectivity index (χ4n) is 0. The Balaban J connectivity index is 0. The molecule has 0 spiro atoms. The summed E-state index contributed by atoms with van der Waals surface area (Å²) in [4.78, 5) is 7.69. The first-order valence-electron chi connectivity index (χ1n) is 2.19. The Hall–Kier alpha value is 0.100. The highest BCUT2D eigenvalue weighted by Gasteiger charge is 1.79. The Labute approximate surface area is 60.9 Å². The zero-order valence-electron chi connectivity index (χ0n) is 5.99. The fraction of sp³-hybridized carbons (Fsp3) is 1.00. The Bertz CT molecular complexity index is 175. The van der Waals surface area contributed by atoms with Crippen molar-refractivity contribution in [1.82, 2.24) is 0 Å². The van der Waals surface area contributed by atoms with Gasteiger partial charge in [-0.3, -0.25) is 4.57 Å². The van der Waals surface area contributed by atoms with Gasteiger partial charge in [-0.2, -0.15) is 0 Å². The first-order chi connectivity index (χ1) is 4.27. The van der Waals surface area contributed by atoms with Crippen LogP contribution in [0.25, 0.3) is 0 Å². The van der Waals surface area contributed by atoms with Crippen molar-refractivity contribution in [2.75, 3.05) is 19.6 Å². The normalized spacial score (nSPS) is 13.2. The highest BCUT2D eigenvalue weighted by molar-refractivity contribution is 7.89. The molecule has 0 amide bonds. The molecular weight excluding hydrogens is 179 g/mol. The molecule has 0 aliphatic heterocycles. The van der Waals surface area contributed by atoms with E-state index < -0.39 is 18.1 Å². The van der Waals surface area contributed by atoms with Gasteiger partial charge in [0.15, 0.2) is 0 Å². The van der Waals surface area contributed by atoms with Gasteiger partial charge in [0.1, 0.15) is 9.84 Å². The molecule has 1 N–H and O–H groups in total. The summed E-state index contributed by atoms with van der Waals surface area (Å²) in [5.41, 5.74) is 0. The fourth-order valence-corrected chi connectivity index (χ4v) is 0. The summed E-state index contributed by atoms with van der Waals surface area (Å²) in [7, 11) is -4.11. The first-order valence-corrected chi connectivity index (χ1v) is 5.75. The van der Waals surface area contributed by atoms with Crippen LogP contribution in [0, 0.1) is 0 Å². The molecule has 0 saturated heterocycles. The number of rotatable bonds is 1. The minimum atomic E-state index is -2.67. The second-order valence-corrected chi connectivity index (χ2v) is 4.84. The second-order valence-electron chi connectivity index (χ2n) is 1.61. The highest BCUT2D eigenvalue weighted by atomic mass is 32.2. The molecule has 0 rings (SSSR count). The summed E-state index contributed by atoms with van der Waals surface area (Å²) >= 11 is 0. The van der Waals surface area contributed by atoms with Crippen LogP contribution in [0.15, 0.2) is 0 Å². The lowest BCUT2D eigenvalue weighted by atomic mass is 11.8. The van der Waals surface area contributed by atoms with Gasteiger partial charge >= 0.3 is 8.25 Å². The van der Waals surface area contributed by atoms with E-state index in [2.05, 4.69) is 4.52 Å². The molecule has 7 heteroatoms. The molecule has 64 valence electrons. The van der Waals surface area contributed by atoms with Crippen molar-refractivity contribution in [3.8, 4) is 0 Å². The lowest BCUT2D eigenvalue weighted by Crippen LogP contribution is -1.86. The lowest BCUT2D eigenvalue weighted by molar-refractivity contribution is 0.343. The maximum Gasteiger partial charge on any atom is 0.316 e. The molecule has 0 aromatic carbocycles. The van der Waals surface area contributed by atoms with Crippen LogP contribution in [0.5, 0.6) is 0 Å². The highest BCUT2D eigenvalue weighted by Crippen LogP contribution is 2.09. The zero-order valence-corrected chi connectivity index (χ0v) is 7.80. The molecule has 0 fully saturated rings. The van der Waals surface area contributed by atoms with Gasteiger partial charge in [0.25, 0.3) is 0 Å². The van der Waals surface area contributed by atoms with Crippen LogP contribution in [-0.4, -0.2) is 32.9 Å². The monoisotopic (exact) mass is 190 g/mol. The molecule has 0 radical (unpaired) electrons. The summed E-state index contributed by atoms with van der Waals surface area (Å²) in [6.45, 7) is 0. The molecule has 10 heavy (non-hydrogen) atoms. The summed E-state index contributed by atoms with van der Waals surface area (Å²) in [5, 5.41) is 0. The van der Waals surface area contributed by atoms with Gasteiger partial charge in [-0.1, -0.05) is 0 Å². The van der Waals surface area contributed by atoms with Crippen molar-refractivity contribution in [2.24, 2.45) is 0 Å². The molecule has 0 aliphatic rings. The van der Waals surface area contributed by atoms with Crippen molar-refractivity contribution in [3.05, 3.63) is 0 Å². The summed E-state index contributed by atoms with van der Waals surface area (Å²) in [6, 6.07) is 0. The van der Waals surface area contributed by atoms with E-state index >= 15 is 0 Å². The van der Waals surface area contributed by atoms with Gasteiger partial charge in [-0.05, 0) is 0 Å². The average molecular weight is 190 g/mol. The van der Waals surface area contributed by atoms with Gasteiger partial charge in [0.05, 0.1) is 0 Å². The number of hydrogen-bond acceptors (Lipinski definition) is 4. The van der Waals surface area contributed by atoms with E-state index in [0.717, 1.165) is 12.5 Å². The van der Waals surface area contributed by atoms with E-state index in [4.69, 9.17) is 4.89 Å². The van der Waals surface area contributed by atoms with Crippen LogP contribution in [0.2, 0.25) is 0 Å². The third-order valence-corrected chi connectivity index (χ3v) is 0.524. The lowest BCUT2D eigenvalue weighted by Gasteiger charge is -1.78. The molecule has 5 nitrogen and oxygen atoms in total. The van der Waals surface area contributed by atoms with Crippen molar-refractivity contribution in [2.45, 2.75) is 0 Å². The summed E-state index contributed by atoms with van der Waals surface area (Å²) in [6.07, 6.45) is 2.32. The van der Waals surface area contributed by atoms with Crippen LogP contribution in [0.3, 0.4) is 0 Å². The standard InChI is InChI=1S/C2H6O2S.CH5O3P/c1-5(2,3)4;1-4-5(2)3/h1-2H3;5H,1H3,(H,2,3). The predicted molar refractivity (Wildman–Crippen MR) is 39.0 cm³/mol. The Morgan fingerprint density at radius 3 is 1.50 bits per heavy atom. The van der Waals surface area contributed by atoms with Crippen molar-refractivity contribution < 1.29 is 22.4 Å². The maximum absolute atomic E-state index is 9.63. The van der Waals surface area contributed by atoms with Gasteiger partial charge < -0.3 is 9.42 Å². The van der Waals surface area contributed by atoms with Gasteiger partial charge in [-0.25, -0.2) is 8.42 Å². The van der Waals surface area contributed by atoms with Crippen LogP contribution in [-0.2, 0) is 18.9 Å². The average Bonchev–Trinajstić information content (AvgIpc) is 1.61. The predicted octanol–water partition coefficient (Wildman–Crippen LogP) is -0.324. The van der Waals surface area contributed by atoms with Crippen molar-refractivity contribution >= 4 is 18.1 Å². The van der Waals surface area contributed by atoms with E-state index in [1.165, 1.54) is 7.11 Å². The molecule has 1 unspecified atom stereocenters. The Morgan fingerprint density at radius 1 is 1.40 bits per heavy atom. The number of sulfone groups is 1. The Morgan fingerprint density at radius 2 is 1.50 bits per heavy atom. The van der Waals surface area contributed by atoms with E-state index in [1.54, 1.807) is 0 Å². The Kier molecular flexibility index (Phi) is 7.46. The van der Waals surface area contributed by atoms with E-state index in [-0.39, 0.29) is 0 Å². The zero-order chi connectivity index (χ0) is 8.78. The first kappa shape index (κ1) is 12.7. The smallest absolute Gasteiger partial charge is 0.316 e. The molecule has 0 saturated carbocycles. The molecular formula is C3H11O5PS. The third kappa shape index (κ3) is 92.6. The maximum atomic E-state index is 9.63.